The third-order valence-corrected chi connectivity index (χ3v) is 2.01. The Labute approximate surface area is 77.9 Å². The van der Waals surface area contributed by atoms with E-state index < -0.39 is 17.2 Å². The van der Waals surface area contributed by atoms with E-state index in [1.165, 1.54) is 0 Å². The van der Waals surface area contributed by atoms with Gasteiger partial charge in [-0.2, -0.15) is 0 Å². The molecule has 0 aromatic carbocycles. The summed E-state index contributed by atoms with van der Waals surface area (Å²) in [6.07, 6.45) is 0. The van der Waals surface area contributed by atoms with Crippen LogP contribution in [0.15, 0.2) is 0 Å². The average molecular weight is 234 g/mol. The second-order valence-corrected chi connectivity index (χ2v) is 3.47. The van der Waals surface area contributed by atoms with E-state index in [9.17, 15) is 0 Å². The number of hydrogen-bond acceptors (Lipinski definition) is 7. The third-order valence-electron chi connectivity index (χ3n) is 0.785. The van der Waals surface area contributed by atoms with Gasteiger partial charge in [-0.05, 0) is 0 Å². The van der Waals surface area contributed by atoms with Crippen LogP contribution < -0.4 is 0 Å². The van der Waals surface area contributed by atoms with E-state index in [4.69, 9.17) is 19.8 Å². The predicted octanol–water partition coefficient (Wildman–Crippen LogP) is -0.541. The van der Waals surface area contributed by atoms with Gasteiger partial charge in [0.25, 0.3) is 0 Å². The van der Waals surface area contributed by atoms with Gasteiger partial charge in [-0.1, -0.05) is 0 Å². The molecule has 0 aliphatic carbocycles. The van der Waals surface area contributed by atoms with Crippen molar-refractivity contribution in [3.8, 4) is 0 Å². The first-order valence-corrected chi connectivity index (χ1v) is 5.63. The molecule has 0 spiro atoms. The number of hydrogen-bond donors (Lipinski definition) is 4. The zero-order valence-corrected chi connectivity index (χ0v) is 8.53. The molecule has 80 valence electrons. The standard InChI is InChI=1S/C4H12O7P2/c5-1-2-10-13(8)11-4-3-9-12(6)7/h5-8H,1-4H2. The van der Waals surface area contributed by atoms with Crippen molar-refractivity contribution >= 4 is 17.2 Å². The summed E-state index contributed by atoms with van der Waals surface area (Å²) in [4.78, 5) is 25.4. The van der Waals surface area contributed by atoms with Crippen LogP contribution in [-0.4, -0.2) is 46.2 Å². The smallest absolute Gasteiger partial charge is 0.330 e. The number of aliphatic hydroxyl groups is 1. The van der Waals surface area contributed by atoms with Crippen molar-refractivity contribution in [1.82, 2.24) is 0 Å². The molecule has 7 nitrogen and oxygen atoms in total. The van der Waals surface area contributed by atoms with E-state index >= 15 is 0 Å². The Morgan fingerprint density at radius 3 is 1.92 bits per heavy atom. The maximum absolute atomic E-state index is 8.88. The summed E-state index contributed by atoms with van der Waals surface area (Å²) >= 11 is 0. The van der Waals surface area contributed by atoms with Crippen LogP contribution in [0.2, 0.25) is 0 Å². The minimum Gasteiger partial charge on any atom is -0.394 e. The lowest BCUT2D eigenvalue weighted by molar-refractivity contribution is 0.139. The summed E-state index contributed by atoms with van der Waals surface area (Å²) in [5.41, 5.74) is 0. The Hall–Kier alpha value is 0.580. The zero-order valence-electron chi connectivity index (χ0n) is 6.74. The Bertz CT molecular complexity index is 113. The number of rotatable bonds is 8. The van der Waals surface area contributed by atoms with E-state index in [-0.39, 0.29) is 26.4 Å². The molecule has 0 rings (SSSR count). The average Bonchev–Trinajstić information content (AvgIpc) is 2.08. The van der Waals surface area contributed by atoms with Gasteiger partial charge in [-0.15, -0.1) is 0 Å². The quantitative estimate of drug-likeness (QED) is 0.330. The van der Waals surface area contributed by atoms with Gasteiger partial charge in [-0.3, -0.25) is 0 Å². The molecule has 0 amide bonds. The first kappa shape index (κ1) is 13.6. The summed E-state index contributed by atoms with van der Waals surface area (Å²) in [5, 5.41) is 8.29. The van der Waals surface area contributed by atoms with E-state index in [1.807, 2.05) is 0 Å². The molecule has 4 N–H and O–H groups in total. The SMILES string of the molecule is OCCOP(O)OCCOP(O)O. The van der Waals surface area contributed by atoms with E-state index in [0.29, 0.717) is 0 Å². The van der Waals surface area contributed by atoms with Crippen LogP contribution in [0.3, 0.4) is 0 Å². The first-order valence-electron chi connectivity index (χ1n) is 3.33. The van der Waals surface area contributed by atoms with Gasteiger partial charge in [0.2, 0.25) is 0 Å². The first-order chi connectivity index (χ1) is 6.16. The van der Waals surface area contributed by atoms with Crippen LogP contribution in [0, 0.1) is 0 Å². The molecule has 1 unspecified atom stereocenters. The van der Waals surface area contributed by atoms with Gasteiger partial charge >= 0.3 is 17.2 Å². The summed E-state index contributed by atoms with van der Waals surface area (Å²) < 4.78 is 13.6. The number of aliphatic hydroxyl groups excluding tert-OH is 1. The molecular weight excluding hydrogens is 222 g/mol. The van der Waals surface area contributed by atoms with Gasteiger partial charge in [0, 0.05) is 0 Å². The molecule has 0 saturated heterocycles. The van der Waals surface area contributed by atoms with Gasteiger partial charge in [0.1, 0.15) is 0 Å². The van der Waals surface area contributed by atoms with Gasteiger partial charge in [0.15, 0.2) is 0 Å². The van der Waals surface area contributed by atoms with Crippen molar-refractivity contribution in [2.45, 2.75) is 0 Å². The normalized spacial score (nSPS) is 13.6. The third kappa shape index (κ3) is 10.5. The molecule has 13 heavy (non-hydrogen) atoms. The highest BCUT2D eigenvalue weighted by molar-refractivity contribution is 7.40. The van der Waals surface area contributed by atoms with Crippen molar-refractivity contribution in [3.63, 3.8) is 0 Å². The summed E-state index contributed by atoms with van der Waals surface area (Å²) in [6, 6.07) is 0. The lowest BCUT2D eigenvalue weighted by Gasteiger charge is -2.09. The highest BCUT2D eigenvalue weighted by Gasteiger charge is 2.06. The Balaban J connectivity index is 3.12. The van der Waals surface area contributed by atoms with Gasteiger partial charge in [-0.25, -0.2) is 0 Å². The topological polar surface area (TPSA) is 109 Å². The fourth-order valence-electron chi connectivity index (χ4n) is 0.390. The molecule has 0 bridgehead atoms. The highest BCUT2D eigenvalue weighted by atomic mass is 31.2. The van der Waals surface area contributed by atoms with E-state index in [0.717, 1.165) is 0 Å². The van der Waals surface area contributed by atoms with Crippen LogP contribution in [0.1, 0.15) is 0 Å². The van der Waals surface area contributed by atoms with Crippen molar-refractivity contribution in [3.05, 3.63) is 0 Å². The van der Waals surface area contributed by atoms with Crippen molar-refractivity contribution in [2.24, 2.45) is 0 Å². The van der Waals surface area contributed by atoms with Crippen LogP contribution in [0.5, 0.6) is 0 Å². The second kappa shape index (κ2) is 9.15. The molecular formula is C4H12O7P2. The van der Waals surface area contributed by atoms with Crippen molar-refractivity contribution in [1.29, 1.82) is 0 Å². The fourth-order valence-corrected chi connectivity index (χ4v) is 1.17. The molecule has 1 atom stereocenters. The van der Waals surface area contributed by atoms with Crippen LogP contribution in [-0.2, 0) is 13.6 Å². The Morgan fingerprint density at radius 2 is 1.38 bits per heavy atom. The molecule has 0 fully saturated rings. The molecule has 0 aliphatic rings. The second-order valence-electron chi connectivity index (χ2n) is 1.71. The van der Waals surface area contributed by atoms with Gasteiger partial charge < -0.3 is 33.4 Å². The maximum atomic E-state index is 8.88. The van der Waals surface area contributed by atoms with Crippen LogP contribution in [0.4, 0.5) is 0 Å². The maximum Gasteiger partial charge on any atom is 0.330 e. The van der Waals surface area contributed by atoms with Crippen LogP contribution in [0.25, 0.3) is 0 Å². The molecule has 0 aromatic heterocycles. The summed E-state index contributed by atoms with van der Waals surface area (Å²) in [6.45, 7) is -0.248. The highest BCUT2D eigenvalue weighted by Crippen LogP contribution is 2.32. The zero-order chi connectivity index (χ0) is 10.1. The lowest BCUT2D eigenvalue weighted by Crippen LogP contribution is -2.01. The monoisotopic (exact) mass is 234 g/mol. The van der Waals surface area contributed by atoms with E-state index in [2.05, 4.69) is 13.6 Å². The van der Waals surface area contributed by atoms with Crippen LogP contribution >= 0.6 is 17.2 Å². The predicted molar refractivity (Wildman–Crippen MR) is 45.4 cm³/mol. The largest absolute Gasteiger partial charge is 0.394 e. The van der Waals surface area contributed by atoms with E-state index in [1.54, 1.807) is 0 Å². The molecule has 0 saturated carbocycles. The lowest BCUT2D eigenvalue weighted by atomic mass is 10.8. The molecule has 0 radical (unpaired) electrons. The molecule has 0 aromatic rings. The van der Waals surface area contributed by atoms with Gasteiger partial charge in [0.05, 0.1) is 26.4 Å². The Kier molecular flexibility index (Phi) is 9.56. The fraction of sp³-hybridized carbons (Fsp3) is 1.00. The minimum atomic E-state index is -2.38. The molecule has 0 heterocycles. The summed E-state index contributed by atoms with van der Waals surface area (Å²) in [5.74, 6) is 0. The molecule has 0 aliphatic heterocycles. The molecule has 9 heteroatoms. The summed E-state index contributed by atoms with van der Waals surface area (Å²) in [7, 11) is -4.39. The van der Waals surface area contributed by atoms with Crippen molar-refractivity contribution < 1.29 is 33.4 Å². The van der Waals surface area contributed by atoms with Crippen molar-refractivity contribution in [2.75, 3.05) is 26.4 Å². The Morgan fingerprint density at radius 1 is 0.846 bits per heavy atom. The minimum absolute atomic E-state index is 0.00420.